The molecule has 0 fully saturated rings. The van der Waals surface area contributed by atoms with E-state index < -0.39 is 45.1 Å². The zero-order chi connectivity index (χ0) is 32.7. The number of benzene rings is 2. The van der Waals surface area contributed by atoms with E-state index in [9.17, 15) is 49.3 Å². The highest BCUT2D eigenvalue weighted by atomic mass is 16.7. The number of non-ortho nitro benzene ring substituents is 2. The smallest absolute Gasteiger partial charge is 0.379 e. The number of allylic oxidation sites excluding steroid dienone is 2. The quantitative estimate of drug-likeness (QED) is 0.138. The van der Waals surface area contributed by atoms with E-state index in [0.717, 1.165) is 0 Å². The Bertz CT molecular complexity index is 1370. The Morgan fingerprint density at radius 2 is 1.41 bits per heavy atom. The number of ketones is 2. The van der Waals surface area contributed by atoms with Gasteiger partial charge in [0.1, 0.15) is 6.29 Å². The molecule has 1 heterocycles. The first-order chi connectivity index (χ1) is 20.2. The highest BCUT2D eigenvalue weighted by Gasteiger charge is 2.46. The number of carbonyl (C=O) groups excluding carboxylic acids is 5. The van der Waals surface area contributed by atoms with E-state index in [0.29, 0.717) is 17.4 Å². The largest absolute Gasteiger partial charge is 0.461 e. The van der Waals surface area contributed by atoms with Crippen molar-refractivity contribution in [2.45, 2.75) is 53.2 Å². The van der Waals surface area contributed by atoms with Crippen molar-refractivity contribution in [1.29, 1.82) is 0 Å². The Morgan fingerprint density at radius 3 is 1.77 bits per heavy atom. The lowest BCUT2D eigenvalue weighted by Crippen LogP contribution is -2.46. The third-order valence-corrected chi connectivity index (χ3v) is 5.40. The number of aldehydes is 1. The average Bonchev–Trinajstić information content (AvgIpc) is 2.97. The van der Waals surface area contributed by atoms with Crippen LogP contribution in [0.15, 0.2) is 60.4 Å². The van der Waals surface area contributed by atoms with Crippen LogP contribution in [0.1, 0.15) is 63.4 Å². The van der Waals surface area contributed by atoms with Gasteiger partial charge in [0.25, 0.3) is 11.4 Å². The molecule has 0 amide bonds. The van der Waals surface area contributed by atoms with Gasteiger partial charge in [-0.05, 0) is 37.6 Å². The van der Waals surface area contributed by atoms with Gasteiger partial charge in [0, 0.05) is 56.0 Å². The minimum absolute atomic E-state index is 0. The van der Waals surface area contributed by atoms with E-state index >= 15 is 0 Å². The lowest BCUT2D eigenvalue weighted by Gasteiger charge is -2.34. The summed E-state index contributed by atoms with van der Waals surface area (Å²) in [6, 6.07) is 11.1. The van der Waals surface area contributed by atoms with Gasteiger partial charge in [-0.2, -0.15) is 0 Å². The third-order valence-electron chi connectivity index (χ3n) is 5.40. The lowest BCUT2D eigenvalue weighted by atomic mass is 9.88. The van der Waals surface area contributed by atoms with Crippen LogP contribution in [0, 0.1) is 20.2 Å². The van der Waals surface area contributed by atoms with Crippen LogP contribution in [-0.4, -0.2) is 63.7 Å². The SMILES string of the molecule is C.CCOC(=O)C(C)=O.CCOC(=O)C1(O)CC(c2ccc([N+](=O)[O-])cc2)C=C(C(C)=O)O1.O=Cc1ccc([N+](=O)[O-])cc1. The number of carbonyl (C=O) groups is 5. The molecule has 0 aliphatic carbocycles. The molecule has 2 aromatic carbocycles. The second kappa shape index (κ2) is 18.3. The molecule has 2 aromatic rings. The van der Waals surface area contributed by atoms with Gasteiger partial charge in [-0.1, -0.05) is 19.6 Å². The van der Waals surface area contributed by atoms with Gasteiger partial charge in [-0.3, -0.25) is 34.6 Å². The molecule has 0 saturated heterocycles. The first kappa shape index (κ1) is 38.7. The van der Waals surface area contributed by atoms with Gasteiger partial charge >= 0.3 is 17.7 Å². The number of nitro groups is 2. The molecule has 0 bridgehead atoms. The molecule has 2 atom stereocenters. The number of nitro benzene ring substituents is 2. The fourth-order valence-electron chi connectivity index (χ4n) is 3.32. The highest BCUT2D eigenvalue weighted by Crippen LogP contribution is 2.37. The van der Waals surface area contributed by atoms with Crippen LogP contribution < -0.4 is 0 Å². The number of hydrogen-bond acceptors (Lipinski definition) is 13. The van der Waals surface area contributed by atoms with Crippen molar-refractivity contribution in [3.63, 3.8) is 0 Å². The van der Waals surface area contributed by atoms with Crippen LogP contribution in [0.5, 0.6) is 0 Å². The standard InChI is InChI=1S/C16H17NO7.C7H5NO3.C5H8O3.CH4/c1-3-23-15(19)16(20)9-12(8-14(24-16)10(2)18)11-4-6-13(7-5-11)17(21)22;9-5-6-1-3-7(4-2-6)8(10)11;1-3-8-5(7)4(2)6;/h4-8,12,20H,3,9H2,1-2H3;1-5H;3H2,1-2H3;1H4. The van der Waals surface area contributed by atoms with Crippen LogP contribution >= 0.6 is 0 Å². The Hall–Kier alpha value is -5.31. The molecule has 238 valence electrons. The molecule has 0 spiro atoms. The van der Waals surface area contributed by atoms with Gasteiger partial charge in [0.2, 0.25) is 5.78 Å². The fraction of sp³-hybridized carbons (Fsp3) is 0.345. The molecule has 15 nitrogen and oxygen atoms in total. The van der Waals surface area contributed by atoms with E-state index in [-0.39, 0.29) is 44.2 Å². The van der Waals surface area contributed by atoms with Crippen molar-refractivity contribution in [1.82, 2.24) is 0 Å². The number of hydrogen-bond donors (Lipinski definition) is 1. The molecule has 1 aliphatic heterocycles. The average molecular weight is 619 g/mol. The van der Waals surface area contributed by atoms with Crippen LogP contribution in [0.2, 0.25) is 0 Å². The minimum Gasteiger partial charge on any atom is -0.461 e. The maximum absolute atomic E-state index is 12.0. The van der Waals surface area contributed by atoms with E-state index in [1.165, 1.54) is 68.5 Å². The molecule has 2 unspecified atom stereocenters. The first-order valence-electron chi connectivity index (χ1n) is 12.6. The van der Waals surface area contributed by atoms with Crippen molar-refractivity contribution in [2.24, 2.45) is 0 Å². The predicted octanol–water partition coefficient (Wildman–Crippen LogP) is 4.01. The second-order valence-corrected chi connectivity index (χ2v) is 8.60. The summed E-state index contributed by atoms with van der Waals surface area (Å²) in [6.45, 7) is 5.97. The highest BCUT2D eigenvalue weighted by molar-refractivity contribution is 6.32. The maximum Gasteiger partial charge on any atom is 0.379 e. The van der Waals surface area contributed by atoms with Gasteiger partial charge in [0.15, 0.2) is 11.5 Å². The number of ether oxygens (including phenoxy) is 3. The number of esters is 2. The maximum atomic E-state index is 12.0. The molecule has 1 aliphatic rings. The Balaban J connectivity index is 0.000000764. The number of rotatable bonds is 9. The lowest BCUT2D eigenvalue weighted by molar-refractivity contribution is -0.385. The number of nitrogens with zero attached hydrogens (tertiary/aromatic N) is 2. The molecule has 0 aromatic heterocycles. The van der Waals surface area contributed by atoms with E-state index in [1.807, 2.05) is 0 Å². The van der Waals surface area contributed by atoms with Gasteiger partial charge in [-0.15, -0.1) is 0 Å². The van der Waals surface area contributed by atoms with E-state index in [4.69, 9.17) is 9.47 Å². The number of Topliss-reactive ketones (excluding diaryl/α,β-unsaturated/α-hetero) is 2. The minimum atomic E-state index is -2.28. The summed E-state index contributed by atoms with van der Waals surface area (Å²) in [7, 11) is 0. The van der Waals surface area contributed by atoms with Crippen LogP contribution in [0.4, 0.5) is 11.4 Å². The summed E-state index contributed by atoms with van der Waals surface area (Å²) in [5.74, 6) is -5.71. The summed E-state index contributed by atoms with van der Waals surface area (Å²) in [6.07, 6.45) is 1.96. The van der Waals surface area contributed by atoms with Gasteiger partial charge in [0.05, 0.1) is 23.1 Å². The molecule has 0 saturated carbocycles. The summed E-state index contributed by atoms with van der Waals surface area (Å²) in [5.41, 5.74) is 0.957. The second-order valence-electron chi connectivity index (χ2n) is 8.60. The Kier molecular flexibility index (Phi) is 16.1. The van der Waals surface area contributed by atoms with Crippen LogP contribution in [-0.2, 0) is 33.4 Å². The van der Waals surface area contributed by atoms with Gasteiger partial charge < -0.3 is 19.3 Å². The summed E-state index contributed by atoms with van der Waals surface area (Å²) in [5, 5.41) is 31.3. The van der Waals surface area contributed by atoms with Crippen molar-refractivity contribution in [3.05, 3.63) is 91.7 Å². The summed E-state index contributed by atoms with van der Waals surface area (Å²) < 4.78 is 14.3. The molecule has 15 heteroatoms. The van der Waals surface area contributed by atoms with Crippen molar-refractivity contribution in [3.8, 4) is 0 Å². The third kappa shape index (κ3) is 11.9. The summed E-state index contributed by atoms with van der Waals surface area (Å²) >= 11 is 0. The predicted molar refractivity (Wildman–Crippen MR) is 154 cm³/mol. The normalized spacial score (nSPS) is 16.3. The fourth-order valence-corrected chi connectivity index (χ4v) is 3.32. The van der Waals surface area contributed by atoms with Crippen molar-refractivity contribution in [2.75, 3.05) is 13.2 Å². The first-order valence-corrected chi connectivity index (χ1v) is 12.6. The van der Waals surface area contributed by atoms with E-state index in [2.05, 4.69) is 4.74 Å². The molecule has 3 rings (SSSR count). The zero-order valence-corrected chi connectivity index (χ0v) is 23.7. The van der Waals surface area contributed by atoms with Crippen molar-refractivity contribution < 1.29 is 53.1 Å². The van der Waals surface area contributed by atoms with Crippen molar-refractivity contribution >= 4 is 41.2 Å². The number of aliphatic hydroxyl groups is 1. The van der Waals surface area contributed by atoms with Gasteiger partial charge in [-0.25, -0.2) is 9.59 Å². The molecular formula is C29H34N2O13. The Morgan fingerprint density at radius 1 is 0.932 bits per heavy atom. The van der Waals surface area contributed by atoms with Crippen LogP contribution in [0.3, 0.4) is 0 Å². The summed E-state index contributed by atoms with van der Waals surface area (Å²) in [4.78, 5) is 73.8. The monoisotopic (exact) mass is 618 g/mol. The zero-order valence-electron chi connectivity index (χ0n) is 23.7. The molecule has 0 radical (unpaired) electrons. The molecular weight excluding hydrogens is 584 g/mol. The topological polar surface area (TPSA) is 220 Å². The van der Waals surface area contributed by atoms with E-state index in [1.54, 1.807) is 13.8 Å². The van der Waals surface area contributed by atoms with Crippen LogP contribution in [0.25, 0.3) is 0 Å². The Labute approximate surface area is 252 Å². The molecule has 1 N–H and O–H groups in total. The molecule has 44 heavy (non-hydrogen) atoms.